The molecule has 21 heavy (non-hydrogen) atoms. The second-order valence-electron chi connectivity index (χ2n) is 4.74. The lowest BCUT2D eigenvalue weighted by atomic mass is 10.1. The Morgan fingerprint density at radius 1 is 1.19 bits per heavy atom. The van der Waals surface area contributed by atoms with E-state index in [1.165, 1.54) is 0 Å². The zero-order valence-corrected chi connectivity index (χ0v) is 12.8. The minimum Gasteiger partial charge on any atom is -0.380 e. The van der Waals surface area contributed by atoms with Crippen molar-refractivity contribution in [1.29, 1.82) is 0 Å². The first kappa shape index (κ1) is 17.0. The van der Waals surface area contributed by atoms with Crippen molar-refractivity contribution in [2.75, 3.05) is 39.2 Å². The standard InChI is InChI=1S/C15H23N3O3/c1-4-21-10-9-16-15(20)17-13-7-5-12(6-8-13)11-14(19)18(2)3/h5-8H,4,9-11H2,1-3H3,(H2,16,17,20). The van der Waals surface area contributed by atoms with Gasteiger partial charge in [-0.1, -0.05) is 12.1 Å². The molecule has 1 aromatic rings. The number of benzene rings is 1. The maximum absolute atomic E-state index is 11.6. The first-order valence-corrected chi connectivity index (χ1v) is 6.94. The van der Waals surface area contributed by atoms with Gasteiger partial charge in [0.25, 0.3) is 0 Å². The molecule has 0 radical (unpaired) electrons. The molecule has 0 atom stereocenters. The van der Waals surface area contributed by atoms with Gasteiger partial charge in [0.1, 0.15) is 0 Å². The SMILES string of the molecule is CCOCCNC(=O)Nc1ccc(CC(=O)N(C)C)cc1. The van der Waals surface area contributed by atoms with Crippen LogP contribution in [0.5, 0.6) is 0 Å². The van der Waals surface area contributed by atoms with E-state index in [0.29, 0.717) is 31.9 Å². The fourth-order valence-electron chi connectivity index (χ4n) is 1.60. The second-order valence-corrected chi connectivity index (χ2v) is 4.74. The Morgan fingerprint density at radius 3 is 2.43 bits per heavy atom. The molecular formula is C15H23N3O3. The van der Waals surface area contributed by atoms with E-state index in [1.54, 1.807) is 31.1 Å². The highest BCUT2D eigenvalue weighted by molar-refractivity contribution is 5.89. The number of hydrogen-bond acceptors (Lipinski definition) is 3. The van der Waals surface area contributed by atoms with Crippen LogP contribution in [0.4, 0.5) is 10.5 Å². The molecule has 3 amide bonds. The van der Waals surface area contributed by atoms with Crippen LogP contribution in [0.1, 0.15) is 12.5 Å². The molecule has 2 N–H and O–H groups in total. The van der Waals surface area contributed by atoms with Gasteiger partial charge in [0, 0.05) is 32.9 Å². The quantitative estimate of drug-likeness (QED) is 0.748. The van der Waals surface area contributed by atoms with E-state index in [0.717, 1.165) is 5.56 Å². The number of nitrogens with one attached hydrogen (secondary N) is 2. The summed E-state index contributed by atoms with van der Waals surface area (Å²) in [4.78, 5) is 24.7. The predicted octanol–water partition coefficient (Wildman–Crippen LogP) is 1.48. The van der Waals surface area contributed by atoms with Crippen molar-refractivity contribution in [2.45, 2.75) is 13.3 Å². The van der Waals surface area contributed by atoms with Gasteiger partial charge in [0.15, 0.2) is 0 Å². The molecule has 0 spiro atoms. The van der Waals surface area contributed by atoms with Gasteiger partial charge in [0.2, 0.25) is 5.91 Å². The molecule has 0 aliphatic heterocycles. The molecule has 0 bridgehead atoms. The Labute approximate surface area is 125 Å². The van der Waals surface area contributed by atoms with E-state index in [4.69, 9.17) is 4.74 Å². The van der Waals surface area contributed by atoms with Crippen molar-refractivity contribution < 1.29 is 14.3 Å². The summed E-state index contributed by atoms with van der Waals surface area (Å²) in [5, 5.41) is 5.41. The summed E-state index contributed by atoms with van der Waals surface area (Å²) < 4.78 is 5.13. The second kappa shape index (κ2) is 8.97. The van der Waals surface area contributed by atoms with E-state index < -0.39 is 0 Å². The highest BCUT2D eigenvalue weighted by Gasteiger charge is 2.06. The summed E-state index contributed by atoms with van der Waals surface area (Å²) in [5.41, 5.74) is 1.60. The van der Waals surface area contributed by atoms with Gasteiger partial charge in [-0.05, 0) is 24.6 Å². The topological polar surface area (TPSA) is 70.7 Å². The van der Waals surface area contributed by atoms with E-state index in [2.05, 4.69) is 10.6 Å². The molecule has 0 unspecified atom stereocenters. The summed E-state index contributed by atoms with van der Waals surface area (Å²) >= 11 is 0. The number of likely N-dealkylation sites (N-methyl/N-ethyl adjacent to an activating group) is 1. The van der Waals surface area contributed by atoms with Gasteiger partial charge >= 0.3 is 6.03 Å². The number of hydrogen-bond donors (Lipinski definition) is 2. The maximum atomic E-state index is 11.6. The maximum Gasteiger partial charge on any atom is 0.319 e. The molecule has 0 fully saturated rings. The molecule has 1 aromatic carbocycles. The number of ether oxygens (including phenoxy) is 1. The average molecular weight is 293 g/mol. The molecule has 6 heteroatoms. The first-order chi connectivity index (χ1) is 10.0. The lowest BCUT2D eigenvalue weighted by molar-refractivity contribution is -0.127. The molecular weight excluding hydrogens is 270 g/mol. The lowest BCUT2D eigenvalue weighted by Crippen LogP contribution is -2.31. The third-order valence-electron chi connectivity index (χ3n) is 2.80. The smallest absolute Gasteiger partial charge is 0.319 e. The van der Waals surface area contributed by atoms with Crippen molar-refractivity contribution in [3.63, 3.8) is 0 Å². The fourth-order valence-corrected chi connectivity index (χ4v) is 1.60. The zero-order chi connectivity index (χ0) is 15.7. The van der Waals surface area contributed by atoms with Gasteiger partial charge in [-0.3, -0.25) is 4.79 Å². The van der Waals surface area contributed by atoms with Gasteiger partial charge in [-0.25, -0.2) is 4.79 Å². The van der Waals surface area contributed by atoms with Crippen LogP contribution in [0.2, 0.25) is 0 Å². The minimum absolute atomic E-state index is 0.0457. The lowest BCUT2D eigenvalue weighted by Gasteiger charge is -2.11. The largest absolute Gasteiger partial charge is 0.380 e. The van der Waals surface area contributed by atoms with Crippen LogP contribution in [0.15, 0.2) is 24.3 Å². The van der Waals surface area contributed by atoms with E-state index >= 15 is 0 Å². The Balaban J connectivity index is 2.40. The Bertz CT molecular complexity index is 458. The average Bonchev–Trinajstić information content (AvgIpc) is 2.45. The van der Waals surface area contributed by atoms with Gasteiger partial charge < -0.3 is 20.3 Å². The number of carbonyl (C=O) groups excluding carboxylic acids is 2. The highest BCUT2D eigenvalue weighted by atomic mass is 16.5. The van der Waals surface area contributed by atoms with E-state index in [9.17, 15) is 9.59 Å². The molecule has 0 aliphatic carbocycles. The summed E-state index contributed by atoms with van der Waals surface area (Å²) in [5.74, 6) is 0.0457. The van der Waals surface area contributed by atoms with Crippen molar-refractivity contribution in [2.24, 2.45) is 0 Å². The zero-order valence-electron chi connectivity index (χ0n) is 12.8. The predicted molar refractivity (Wildman–Crippen MR) is 82.4 cm³/mol. The number of nitrogens with zero attached hydrogens (tertiary/aromatic N) is 1. The Kier molecular flexibility index (Phi) is 7.25. The molecule has 116 valence electrons. The van der Waals surface area contributed by atoms with E-state index in [1.807, 2.05) is 19.1 Å². The summed E-state index contributed by atoms with van der Waals surface area (Å²) in [6.07, 6.45) is 0.355. The van der Waals surface area contributed by atoms with E-state index in [-0.39, 0.29) is 11.9 Å². The fraction of sp³-hybridized carbons (Fsp3) is 0.467. The number of rotatable bonds is 7. The summed E-state index contributed by atoms with van der Waals surface area (Å²) in [6.45, 7) is 3.50. The molecule has 0 heterocycles. The summed E-state index contributed by atoms with van der Waals surface area (Å²) in [7, 11) is 3.45. The van der Waals surface area contributed by atoms with Gasteiger partial charge in [-0.2, -0.15) is 0 Å². The Hall–Kier alpha value is -2.08. The Morgan fingerprint density at radius 2 is 1.86 bits per heavy atom. The van der Waals surface area contributed by atoms with Crippen molar-refractivity contribution in [3.05, 3.63) is 29.8 Å². The molecule has 1 rings (SSSR count). The third-order valence-corrected chi connectivity index (χ3v) is 2.80. The van der Waals surface area contributed by atoms with Crippen molar-refractivity contribution in [3.8, 4) is 0 Å². The summed E-state index contributed by atoms with van der Waals surface area (Å²) in [6, 6.07) is 6.95. The van der Waals surface area contributed by atoms with Crippen LogP contribution < -0.4 is 10.6 Å². The number of amides is 3. The third kappa shape index (κ3) is 6.76. The molecule has 0 aromatic heterocycles. The normalized spacial score (nSPS) is 10.0. The van der Waals surface area contributed by atoms with Crippen molar-refractivity contribution >= 4 is 17.6 Å². The molecule has 0 saturated carbocycles. The van der Waals surface area contributed by atoms with Crippen LogP contribution in [0.3, 0.4) is 0 Å². The first-order valence-electron chi connectivity index (χ1n) is 6.94. The molecule has 6 nitrogen and oxygen atoms in total. The molecule has 0 aliphatic rings. The number of urea groups is 1. The monoisotopic (exact) mass is 293 g/mol. The van der Waals surface area contributed by atoms with Crippen LogP contribution in [-0.4, -0.2) is 50.7 Å². The van der Waals surface area contributed by atoms with Gasteiger partial charge in [0.05, 0.1) is 13.0 Å². The minimum atomic E-state index is -0.271. The number of anilines is 1. The highest BCUT2D eigenvalue weighted by Crippen LogP contribution is 2.10. The van der Waals surface area contributed by atoms with Crippen LogP contribution in [0.25, 0.3) is 0 Å². The van der Waals surface area contributed by atoms with Crippen LogP contribution in [-0.2, 0) is 16.0 Å². The molecule has 0 saturated heterocycles. The van der Waals surface area contributed by atoms with Crippen LogP contribution in [0, 0.1) is 0 Å². The number of carbonyl (C=O) groups is 2. The van der Waals surface area contributed by atoms with Gasteiger partial charge in [-0.15, -0.1) is 0 Å². The van der Waals surface area contributed by atoms with Crippen molar-refractivity contribution in [1.82, 2.24) is 10.2 Å². The van der Waals surface area contributed by atoms with Crippen LogP contribution >= 0.6 is 0 Å².